The second-order valence-electron chi connectivity index (χ2n) is 4.85. The van der Waals surface area contributed by atoms with E-state index in [2.05, 4.69) is 20.9 Å². The molecule has 1 aromatic carbocycles. The summed E-state index contributed by atoms with van der Waals surface area (Å²) in [6.07, 6.45) is 0.608. The molecule has 140 valence electrons. The summed E-state index contributed by atoms with van der Waals surface area (Å²) in [7, 11) is -2.42. The van der Waals surface area contributed by atoms with Gasteiger partial charge in [0.25, 0.3) is 0 Å². The van der Waals surface area contributed by atoms with Crippen LogP contribution in [-0.2, 0) is 19.6 Å². The maximum Gasteiger partial charge on any atom is 0.243 e. The molecule has 25 heavy (non-hydrogen) atoms. The van der Waals surface area contributed by atoms with Gasteiger partial charge in [-0.25, -0.2) is 17.5 Å². The number of hydrogen-bond acceptors (Lipinski definition) is 5. The predicted molar refractivity (Wildman–Crippen MR) is 94.6 cm³/mol. The van der Waals surface area contributed by atoms with Gasteiger partial charge in [-0.3, -0.25) is 15.6 Å². The Balaban J connectivity index is 2.28. The molecule has 8 nitrogen and oxygen atoms in total. The first-order valence-electron chi connectivity index (χ1n) is 7.42. The van der Waals surface area contributed by atoms with E-state index in [0.29, 0.717) is 13.2 Å². The number of thiocarbonyl (C=S) groups is 1. The van der Waals surface area contributed by atoms with Gasteiger partial charge in [0.1, 0.15) is 10.7 Å². The topological polar surface area (TPSA) is 109 Å². The Bertz CT molecular complexity index is 685. The van der Waals surface area contributed by atoms with Crippen molar-refractivity contribution in [3.05, 3.63) is 30.1 Å². The molecule has 11 heteroatoms. The van der Waals surface area contributed by atoms with Gasteiger partial charge >= 0.3 is 0 Å². The first-order valence-corrected chi connectivity index (χ1v) is 9.32. The molecule has 0 radical (unpaired) electrons. The molecular formula is C14H21FN4O4S2. The molecule has 4 N–H and O–H groups in total. The van der Waals surface area contributed by atoms with E-state index in [9.17, 15) is 17.6 Å². The number of amides is 1. The second-order valence-corrected chi connectivity index (χ2v) is 7.00. The summed E-state index contributed by atoms with van der Waals surface area (Å²) in [6, 6.07) is 4.99. The van der Waals surface area contributed by atoms with Crippen LogP contribution in [0, 0.1) is 5.82 Å². The van der Waals surface area contributed by atoms with Gasteiger partial charge in [-0.1, -0.05) is 12.1 Å². The molecule has 0 aliphatic rings. The Kier molecular flexibility index (Phi) is 9.27. The average Bonchev–Trinajstić information content (AvgIpc) is 2.57. The number of sulfonamides is 1. The standard InChI is InChI=1S/C14H21FN4O4S2/c1-23-10-4-8-16-14(24)19-18-13(20)7-9-17-25(21,22)12-6-3-2-5-11(12)15/h2-3,5-6,17H,4,7-10H2,1H3,(H,18,20)(H2,16,19,24). The quantitative estimate of drug-likeness (QED) is 0.267. The highest BCUT2D eigenvalue weighted by atomic mass is 32.2. The van der Waals surface area contributed by atoms with E-state index in [1.54, 1.807) is 7.11 Å². The number of carbonyl (C=O) groups is 1. The zero-order valence-electron chi connectivity index (χ0n) is 13.7. The van der Waals surface area contributed by atoms with Crippen LogP contribution in [0.15, 0.2) is 29.2 Å². The fourth-order valence-corrected chi connectivity index (χ4v) is 2.95. The lowest BCUT2D eigenvalue weighted by Crippen LogP contribution is -2.47. The van der Waals surface area contributed by atoms with Crippen LogP contribution in [0.3, 0.4) is 0 Å². The van der Waals surface area contributed by atoms with Crippen molar-refractivity contribution in [3.63, 3.8) is 0 Å². The van der Waals surface area contributed by atoms with Crippen LogP contribution >= 0.6 is 12.2 Å². The minimum atomic E-state index is -4.01. The smallest absolute Gasteiger partial charge is 0.243 e. The lowest BCUT2D eigenvalue weighted by Gasteiger charge is -2.12. The van der Waals surface area contributed by atoms with Crippen LogP contribution in [0.1, 0.15) is 12.8 Å². The molecule has 0 aliphatic heterocycles. The molecule has 1 rings (SSSR count). The van der Waals surface area contributed by atoms with Crippen molar-refractivity contribution in [3.8, 4) is 0 Å². The number of nitrogens with one attached hydrogen (secondary N) is 4. The van der Waals surface area contributed by atoms with Gasteiger partial charge in [0, 0.05) is 33.2 Å². The van der Waals surface area contributed by atoms with E-state index in [0.717, 1.165) is 18.6 Å². The normalized spacial score (nSPS) is 11.0. The summed E-state index contributed by atoms with van der Waals surface area (Å²) >= 11 is 4.94. The minimum absolute atomic E-state index is 0.146. The summed E-state index contributed by atoms with van der Waals surface area (Å²) in [4.78, 5) is 11.2. The largest absolute Gasteiger partial charge is 0.385 e. The zero-order valence-corrected chi connectivity index (χ0v) is 15.3. The summed E-state index contributed by atoms with van der Waals surface area (Å²) in [5.74, 6) is -1.33. The molecule has 0 unspecified atom stereocenters. The number of carbonyl (C=O) groups excluding carboxylic acids is 1. The van der Waals surface area contributed by atoms with Gasteiger partial charge in [0.05, 0.1) is 0 Å². The van der Waals surface area contributed by atoms with E-state index in [-0.39, 0.29) is 18.1 Å². The molecule has 0 spiro atoms. The number of ether oxygens (including phenoxy) is 1. The SMILES string of the molecule is COCCCNC(=S)NNC(=O)CCNS(=O)(=O)c1ccccc1F. The monoisotopic (exact) mass is 392 g/mol. The van der Waals surface area contributed by atoms with E-state index < -0.39 is 26.6 Å². The van der Waals surface area contributed by atoms with Crippen molar-refractivity contribution < 1.29 is 22.3 Å². The summed E-state index contributed by atoms with van der Waals surface area (Å²) in [5, 5.41) is 3.09. The number of rotatable bonds is 9. The van der Waals surface area contributed by atoms with Gasteiger partial charge in [-0.15, -0.1) is 0 Å². The third kappa shape index (κ3) is 8.20. The van der Waals surface area contributed by atoms with Gasteiger partial charge in [0.2, 0.25) is 15.9 Å². The zero-order chi connectivity index (χ0) is 18.7. The fraction of sp³-hybridized carbons (Fsp3) is 0.429. The number of halogens is 1. The molecule has 0 saturated carbocycles. The van der Waals surface area contributed by atoms with Crippen molar-refractivity contribution in [1.82, 2.24) is 20.9 Å². The summed E-state index contributed by atoms with van der Waals surface area (Å²) in [6.45, 7) is 0.986. The van der Waals surface area contributed by atoms with Crippen LogP contribution in [0.4, 0.5) is 4.39 Å². The molecule has 0 aliphatic carbocycles. The van der Waals surface area contributed by atoms with Crippen molar-refractivity contribution in [2.75, 3.05) is 26.8 Å². The van der Waals surface area contributed by atoms with Gasteiger partial charge in [-0.2, -0.15) is 0 Å². The molecular weight excluding hydrogens is 371 g/mol. The molecule has 0 saturated heterocycles. The first-order chi connectivity index (χ1) is 11.9. The number of methoxy groups -OCH3 is 1. The van der Waals surface area contributed by atoms with E-state index in [1.165, 1.54) is 12.1 Å². The van der Waals surface area contributed by atoms with Crippen molar-refractivity contribution in [2.45, 2.75) is 17.7 Å². The molecule has 1 amide bonds. The Labute approximate surface area is 151 Å². The highest BCUT2D eigenvalue weighted by Crippen LogP contribution is 2.12. The molecule has 0 atom stereocenters. The van der Waals surface area contributed by atoms with Gasteiger partial charge < -0.3 is 10.1 Å². The molecule has 0 aromatic heterocycles. The second kappa shape index (κ2) is 10.9. The highest BCUT2D eigenvalue weighted by molar-refractivity contribution is 7.89. The van der Waals surface area contributed by atoms with Crippen LogP contribution in [-0.4, -0.2) is 46.2 Å². The van der Waals surface area contributed by atoms with Crippen molar-refractivity contribution in [2.24, 2.45) is 0 Å². The van der Waals surface area contributed by atoms with Gasteiger partial charge in [-0.05, 0) is 30.8 Å². The molecule has 0 fully saturated rings. The van der Waals surface area contributed by atoms with Crippen LogP contribution in [0.2, 0.25) is 0 Å². The maximum absolute atomic E-state index is 13.5. The molecule has 0 bridgehead atoms. The number of benzene rings is 1. The average molecular weight is 392 g/mol. The van der Waals surface area contributed by atoms with E-state index in [1.807, 2.05) is 0 Å². The van der Waals surface area contributed by atoms with E-state index in [4.69, 9.17) is 17.0 Å². The molecule has 0 heterocycles. The Morgan fingerprint density at radius 1 is 1.24 bits per heavy atom. The van der Waals surface area contributed by atoms with Crippen LogP contribution in [0.25, 0.3) is 0 Å². The third-order valence-corrected chi connectivity index (χ3v) is 4.64. The summed E-state index contributed by atoms with van der Waals surface area (Å²) < 4.78 is 44.4. The maximum atomic E-state index is 13.5. The summed E-state index contributed by atoms with van der Waals surface area (Å²) in [5.41, 5.74) is 4.82. The molecule has 1 aromatic rings. The van der Waals surface area contributed by atoms with Crippen LogP contribution < -0.4 is 20.9 Å². The lowest BCUT2D eigenvalue weighted by atomic mass is 10.4. The third-order valence-electron chi connectivity index (χ3n) is 2.90. The Hall–Kier alpha value is -1.82. The van der Waals surface area contributed by atoms with Crippen molar-refractivity contribution in [1.29, 1.82) is 0 Å². The lowest BCUT2D eigenvalue weighted by molar-refractivity contribution is -0.121. The van der Waals surface area contributed by atoms with E-state index >= 15 is 0 Å². The Morgan fingerprint density at radius 2 is 1.96 bits per heavy atom. The fourth-order valence-electron chi connectivity index (χ4n) is 1.69. The first kappa shape index (κ1) is 21.2. The Morgan fingerprint density at radius 3 is 2.64 bits per heavy atom. The highest BCUT2D eigenvalue weighted by Gasteiger charge is 2.18. The number of hydrogen-bond donors (Lipinski definition) is 4. The van der Waals surface area contributed by atoms with Crippen molar-refractivity contribution >= 4 is 33.3 Å². The minimum Gasteiger partial charge on any atom is -0.385 e. The van der Waals surface area contributed by atoms with Gasteiger partial charge in [0.15, 0.2) is 5.11 Å². The predicted octanol–water partition coefficient (Wildman–Crippen LogP) is 0.0259. The van der Waals surface area contributed by atoms with Crippen LogP contribution in [0.5, 0.6) is 0 Å². The number of hydrazine groups is 1.